The maximum Gasteiger partial charge on any atom is 0.414 e. The Balaban J connectivity index is 1.19. The van der Waals surface area contributed by atoms with Crippen LogP contribution in [-0.2, 0) is 7.05 Å². The molecule has 2 aromatic carbocycles. The van der Waals surface area contributed by atoms with E-state index in [1.54, 1.807) is 34.8 Å². The smallest absolute Gasteiger partial charge is 0.389 e. The quantitative estimate of drug-likeness (QED) is 0.354. The molecule has 4 aromatic rings. The summed E-state index contributed by atoms with van der Waals surface area (Å²) >= 11 is 1.42. The minimum atomic E-state index is -0.622. The van der Waals surface area contributed by atoms with Gasteiger partial charge in [-0.15, -0.1) is 16.4 Å². The number of likely N-dealkylation sites (tertiary alicyclic amines) is 1. The van der Waals surface area contributed by atoms with Gasteiger partial charge in [-0.3, -0.25) is 9.48 Å². The van der Waals surface area contributed by atoms with Gasteiger partial charge < -0.3 is 15.0 Å². The van der Waals surface area contributed by atoms with E-state index >= 15 is 0 Å². The number of fused-ring (bicyclic) bond motifs is 1. The van der Waals surface area contributed by atoms with E-state index in [1.807, 2.05) is 24.3 Å². The Morgan fingerprint density at radius 2 is 1.89 bits per heavy atom. The van der Waals surface area contributed by atoms with Crippen LogP contribution in [0.5, 0.6) is 5.88 Å². The van der Waals surface area contributed by atoms with E-state index < -0.39 is 6.09 Å². The summed E-state index contributed by atoms with van der Waals surface area (Å²) in [7, 11) is 1.79. The summed E-state index contributed by atoms with van der Waals surface area (Å²) < 4.78 is 21.9. The summed E-state index contributed by atoms with van der Waals surface area (Å²) in [5, 5.41) is 8.76. The number of aryl methyl sites for hydroxylation is 1. The zero-order valence-corrected chi connectivity index (χ0v) is 21.8. The number of hydrogen-bond donors (Lipinski definition) is 1. The van der Waals surface area contributed by atoms with Crippen molar-refractivity contribution in [2.45, 2.75) is 44.1 Å². The molecule has 6 rings (SSSR count). The molecule has 0 bridgehead atoms. The van der Waals surface area contributed by atoms with Gasteiger partial charge in [-0.2, -0.15) is 0 Å². The van der Waals surface area contributed by atoms with E-state index in [0.29, 0.717) is 28.6 Å². The molecule has 1 atom stereocenters. The number of piperidine rings is 1. The molecule has 1 N–H and O–H groups in total. The van der Waals surface area contributed by atoms with E-state index in [0.717, 1.165) is 48.0 Å². The van der Waals surface area contributed by atoms with Gasteiger partial charge in [0.05, 0.1) is 20.8 Å². The number of aromatic nitrogens is 3. The average Bonchev–Trinajstić information content (AvgIpc) is 3.62. The number of carbonyl (C=O) groups is 2. The van der Waals surface area contributed by atoms with Gasteiger partial charge in [0.1, 0.15) is 11.5 Å². The number of halogens is 1. The molecular weight excluding hydrogens is 505 g/mol. The summed E-state index contributed by atoms with van der Waals surface area (Å²) in [5.74, 6) is 0.00122. The summed E-state index contributed by atoms with van der Waals surface area (Å²) in [4.78, 5) is 33.6. The lowest BCUT2D eigenvalue weighted by Crippen LogP contribution is -2.50. The van der Waals surface area contributed by atoms with E-state index in [-0.39, 0.29) is 30.2 Å². The van der Waals surface area contributed by atoms with E-state index in [2.05, 4.69) is 10.4 Å². The van der Waals surface area contributed by atoms with Crippen molar-refractivity contribution in [3.05, 3.63) is 65.0 Å². The first-order valence-electron chi connectivity index (χ1n) is 12.9. The van der Waals surface area contributed by atoms with Crippen LogP contribution in [0.25, 0.3) is 21.3 Å². The molecule has 1 aliphatic carbocycles. The molecule has 8 nitrogen and oxygen atoms in total. The van der Waals surface area contributed by atoms with Crippen molar-refractivity contribution in [1.29, 1.82) is 0 Å². The normalized spacial score (nSPS) is 17.5. The van der Waals surface area contributed by atoms with Crippen LogP contribution in [0.2, 0.25) is 0 Å². The monoisotopic (exact) mass is 533 g/mol. The fourth-order valence-corrected chi connectivity index (χ4v) is 6.27. The van der Waals surface area contributed by atoms with Crippen LogP contribution < -0.4 is 10.1 Å². The lowest BCUT2D eigenvalue weighted by Gasteiger charge is -2.35. The Morgan fingerprint density at radius 1 is 1.11 bits per heavy atom. The van der Waals surface area contributed by atoms with Crippen molar-refractivity contribution in [3.8, 4) is 16.3 Å². The van der Waals surface area contributed by atoms with Gasteiger partial charge in [0.25, 0.3) is 11.8 Å². The summed E-state index contributed by atoms with van der Waals surface area (Å²) in [5.41, 5.74) is 1.56. The largest absolute Gasteiger partial charge is 0.414 e. The molecule has 3 heterocycles. The summed E-state index contributed by atoms with van der Waals surface area (Å²) in [6.07, 6.45) is 4.02. The van der Waals surface area contributed by atoms with Gasteiger partial charge in [-0.05, 0) is 50.3 Å². The van der Waals surface area contributed by atoms with Gasteiger partial charge in [0.15, 0.2) is 0 Å². The Kier molecular flexibility index (Phi) is 6.57. The highest BCUT2D eigenvalue weighted by Crippen LogP contribution is 2.45. The Hall–Kier alpha value is -3.79. The second kappa shape index (κ2) is 10.2. The van der Waals surface area contributed by atoms with E-state index in [4.69, 9.17) is 9.72 Å². The Morgan fingerprint density at radius 3 is 2.71 bits per heavy atom. The molecule has 2 aliphatic rings. The molecule has 0 spiro atoms. The highest BCUT2D eigenvalue weighted by atomic mass is 32.1. The molecule has 0 unspecified atom stereocenters. The van der Waals surface area contributed by atoms with Crippen molar-refractivity contribution < 1.29 is 18.7 Å². The molecule has 196 valence electrons. The fourth-order valence-electron chi connectivity index (χ4n) is 5.01. The molecule has 2 fully saturated rings. The van der Waals surface area contributed by atoms with Crippen LogP contribution in [0.15, 0.2) is 48.5 Å². The summed E-state index contributed by atoms with van der Waals surface area (Å²) in [6.45, 7) is 0.794. The number of ether oxygens (including phenoxy) is 1. The third-order valence-electron chi connectivity index (χ3n) is 7.17. The first-order chi connectivity index (χ1) is 18.5. The first-order valence-corrected chi connectivity index (χ1v) is 13.7. The van der Waals surface area contributed by atoms with Crippen LogP contribution in [0.1, 0.15) is 53.5 Å². The van der Waals surface area contributed by atoms with Crippen molar-refractivity contribution in [1.82, 2.24) is 25.0 Å². The van der Waals surface area contributed by atoms with Crippen molar-refractivity contribution in [3.63, 3.8) is 0 Å². The molecule has 1 saturated heterocycles. The van der Waals surface area contributed by atoms with Crippen LogP contribution in [-0.4, -0.2) is 50.8 Å². The zero-order valence-electron chi connectivity index (χ0n) is 21.0. The second-order valence-corrected chi connectivity index (χ2v) is 10.9. The number of nitrogens with one attached hydrogen (secondary N) is 1. The first kappa shape index (κ1) is 24.5. The van der Waals surface area contributed by atoms with Gasteiger partial charge in [0.2, 0.25) is 0 Å². The van der Waals surface area contributed by atoms with Crippen LogP contribution >= 0.6 is 11.3 Å². The molecule has 2 aromatic heterocycles. The molecule has 2 amide bonds. The van der Waals surface area contributed by atoms with Gasteiger partial charge in [-0.25, -0.2) is 14.2 Å². The number of benzene rings is 2. The van der Waals surface area contributed by atoms with Gasteiger partial charge >= 0.3 is 6.09 Å². The average molecular weight is 534 g/mol. The fraction of sp³-hybridized carbons (Fsp3) is 0.357. The number of amides is 2. The number of rotatable bonds is 6. The highest BCUT2D eigenvalue weighted by Gasteiger charge is 2.35. The van der Waals surface area contributed by atoms with Crippen molar-refractivity contribution in [2.75, 3.05) is 13.1 Å². The van der Waals surface area contributed by atoms with Gasteiger partial charge in [-0.1, -0.05) is 30.3 Å². The molecule has 0 radical (unpaired) electrons. The molecule has 38 heavy (non-hydrogen) atoms. The highest BCUT2D eigenvalue weighted by molar-refractivity contribution is 7.15. The second-order valence-electron chi connectivity index (χ2n) is 9.85. The third kappa shape index (κ3) is 4.76. The number of thiazole rings is 1. The van der Waals surface area contributed by atoms with Crippen LogP contribution in [0.3, 0.4) is 0 Å². The number of para-hydroxylation sites is 1. The summed E-state index contributed by atoms with van der Waals surface area (Å²) in [6, 6.07) is 13.8. The number of hydrogen-bond acceptors (Lipinski definition) is 6. The predicted molar refractivity (Wildman–Crippen MR) is 143 cm³/mol. The molecule has 10 heteroatoms. The Labute approximate surface area is 223 Å². The third-order valence-corrected chi connectivity index (χ3v) is 8.43. The number of carbonyl (C=O) groups excluding carboxylic acids is 2. The molecule has 1 saturated carbocycles. The predicted octanol–water partition coefficient (Wildman–Crippen LogP) is 5.50. The van der Waals surface area contributed by atoms with Gasteiger partial charge in [0, 0.05) is 37.7 Å². The zero-order chi connectivity index (χ0) is 26.2. The van der Waals surface area contributed by atoms with Crippen molar-refractivity contribution >= 4 is 34.2 Å². The lowest BCUT2D eigenvalue weighted by atomic mass is 10.0. The van der Waals surface area contributed by atoms with E-state index in [9.17, 15) is 14.0 Å². The van der Waals surface area contributed by atoms with Crippen LogP contribution in [0.4, 0.5) is 9.18 Å². The lowest BCUT2D eigenvalue weighted by molar-refractivity contribution is 0.0607. The SMILES string of the molecule is Cn1nc(OC(=O)NC[C@@H]2CCCCN2C(=O)c2nc(C3CC3)sc2-c2ccccc2F)c2ccccc21. The van der Waals surface area contributed by atoms with E-state index in [1.165, 1.54) is 17.4 Å². The topological polar surface area (TPSA) is 89.4 Å². The standard InChI is InChI=1S/C28H28FN5O3S/c1-33-22-12-5-3-10-20(22)25(32-33)37-28(36)30-16-18-8-6-7-15-34(18)27(35)23-24(19-9-2-4-11-21(19)29)38-26(31-23)17-13-14-17/h2-5,9-12,17-18H,6-8,13-16H2,1H3,(H,30,36)/t18-/m0/s1. The maximum atomic E-state index is 14.7. The minimum Gasteiger partial charge on any atom is -0.389 e. The Bertz CT molecular complexity index is 1510. The molecular formula is C28H28FN5O3S. The maximum absolute atomic E-state index is 14.7. The molecule has 1 aliphatic heterocycles. The minimum absolute atomic E-state index is 0.219. The number of nitrogens with zero attached hydrogens (tertiary/aromatic N) is 4. The van der Waals surface area contributed by atoms with Crippen molar-refractivity contribution in [2.24, 2.45) is 7.05 Å². The van der Waals surface area contributed by atoms with Crippen LogP contribution in [0, 0.1) is 5.82 Å².